The second kappa shape index (κ2) is 4.57. The molecule has 62 valence electrons. The molecule has 0 saturated carbocycles. The highest BCUT2D eigenvalue weighted by molar-refractivity contribution is 8.13. The van der Waals surface area contributed by atoms with Crippen LogP contribution in [0.5, 0.6) is 0 Å². The summed E-state index contributed by atoms with van der Waals surface area (Å²) in [4.78, 5) is 11.0. The largest absolute Gasteiger partial charge is 0.313 e. The van der Waals surface area contributed by atoms with Crippen molar-refractivity contribution >= 4 is 16.9 Å². The zero-order chi connectivity index (χ0) is 8.10. The molecule has 0 spiro atoms. The first-order chi connectivity index (χ1) is 5.33. The Labute approximate surface area is 71.4 Å². The lowest BCUT2D eigenvalue weighted by atomic mass is 10.1. The van der Waals surface area contributed by atoms with Crippen LogP contribution in [0.25, 0.3) is 0 Å². The number of hydrogen-bond acceptors (Lipinski definition) is 3. The molecular formula is C8H13NOS. The molecule has 3 heteroatoms. The van der Waals surface area contributed by atoms with Crippen molar-refractivity contribution in [1.82, 2.24) is 5.32 Å². The molecule has 0 saturated heterocycles. The first-order valence-electron chi connectivity index (χ1n) is 3.78. The molecule has 0 aromatic heterocycles. The molecule has 0 bridgehead atoms. The van der Waals surface area contributed by atoms with Gasteiger partial charge >= 0.3 is 0 Å². The van der Waals surface area contributed by atoms with E-state index in [9.17, 15) is 4.79 Å². The molecule has 1 aliphatic heterocycles. The zero-order valence-corrected chi connectivity index (χ0v) is 7.54. The van der Waals surface area contributed by atoms with Crippen LogP contribution >= 0.6 is 11.8 Å². The molecular weight excluding hydrogens is 158 g/mol. The van der Waals surface area contributed by atoms with Gasteiger partial charge in [-0.1, -0.05) is 23.4 Å². The van der Waals surface area contributed by atoms with Crippen molar-refractivity contribution in [3.63, 3.8) is 0 Å². The smallest absolute Gasteiger partial charge is 0.192 e. The number of carbonyl (C=O) groups is 1. The Kier molecular flexibility index (Phi) is 3.66. The second-order valence-corrected chi connectivity index (χ2v) is 3.43. The molecule has 11 heavy (non-hydrogen) atoms. The van der Waals surface area contributed by atoms with E-state index in [1.807, 2.05) is 6.26 Å². The Hall–Kier alpha value is -0.280. The lowest BCUT2D eigenvalue weighted by Crippen LogP contribution is -2.21. The van der Waals surface area contributed by atoms with Crippen LogP contribution in [-0.2, 0) is 4.79 Å². The molecule has 0 atom stereocenters. The van der Waals surface area contributed by atoms with Gasteiger partial charge in [0, 0.05) is 13.0 Å². The molecule has 0 amide bonds. The zero-order valence-electron chi connectivity index (χ0n) is 6.72. The Morgan fingerprint density at radius 3 is 3.18 bits per heavy atom. The minimum atomic E-state index is 0.276. The maximum atomic E-state index is 11.0. The highest BCUT2D eigenvalue weighted by Crippen LogP contribution is 2.13. The molecule has 1 heterocycles. The minimum Gasteiger partial charge on any atom is -0.313 e. The van der Waals surface area contributed by atoms with Crippen LogP contribution in [0.15, 0.2) is 11.6 Å². The summed E-state index contributed by atoms with van der Waals surface area (Å²) in [6.45, 7) is 1.95. The lowest BCUT2D eigenvalue weighted by molar-refractivity contribution is -0.110. The van der Waals surface area contributed by atoms with Crippen molar-refractivity contribution in [2.75, 3.05) is 19.3 Å². The quantitative estimate of drug-likeness (QED) is 0.633. The second-order valence-electron chi connectivity index (χ2n) is 2.57. The van der Waals surface area contributed by atoms with E-state index in [0.717, 1.165) is 19.5 Å². The van der Waals surface area contributed by atoms with E-state index in [1.165, 1.54) is 17.3 Å². The van der Waals surface area contributed by atoms with Crippen LogP contribution in [0.4, 0.5) is 0 Å². The molecule has 1 aliphatic rings. The van der Waals surface area contributed by atoms with E-state index in [-0.39, 0.29) is 5.12 Å². The predicted octanol–water partition coefficient (Wildman–Crippen LogP) is 1.19. The third kappa shape index (κ3) is 3.08. The molecule has 0 aromatic carbocycles. The molecule has 0 aromatic rings. The van der Waals surface area contributed by atoms with E-state index in [0.29, 0.717) is 6.42 Å². The first-order valence-corrected chi connectivity index (χ1v) is 5.01. The summed E-state index contributed by atoms with van der Waals surface area (Å²) in [5, 5.41) is 3.49. The third-order valence-corrected chi connectivity index (χ3v) is 2.36. The SMILES string of the molecule is CSC(=O)CC1=CCNCC1. The lowest BCUT2D eigenvalue weighted by Gasteiger charge is -2.12. The predicted molar refractivity (Wildman–Crippen MR) is 48.7 cm³/mol. The van der Waals surface area contributed by atoms with Crippen LogP contribution in [0, 0.1) is 0 Å². The molecule has 0 fully saturated rings. The van der Waals surface area contributed by atoms with Gasteiger partial charge in [0.25, 0.3) is 0 Å². The van der Waals surface area contributed by atoms with Crippen LogP contribution in [-0.4, -0.2) is 24.5 Å². The van der Waals surface area contributed by atoms with Gasteiger partial charge in [-0.3, -0.25) is 4.79 Å². The number of thioether (sulfide) groups is 1. The summed E-state index contributed by atoms with van der Waals surface area (Å²) in [6.07, 6.45) is 5.64. The van der Waals surface area contributed by atoms with Gasteiger partial charge in [0.15, 0.2) is 5.12 Å². The van der Waals surface area contributed by atoms with Gasteiger partial charge in [-0.2, -0.15) is 0 Å². The van der Waals surface area contributed by atoms with Gasteiger partial charge in [-0.25, -0.2) is 0 Å². The van der Waals surface area contributed by atoms with Crippen molar-refractivity contribution in [3.8, 4) is 0 Å². The van der Waals surface area contributed by atoms with E-state index in [4.69, 9.17) is 0 Å². The summed E-state index contributed by atoms with van der Waals surface area (Å²) >= 11 is 1.32. The van der Waals surface area contributed by atoms with Crippen molar-refractivity contribution in [1.29, 1.82) is 0 Å². The van der Waals surface area contributed by atoms with E-state index in [2.05, 4.69) is 11.4 Å². The van der Waals surface area contributed by atoms with Crippen molar-refractivity contribution in [2.45, 2.75) is 12.8 Å². The van der Waals surface area contributed by atoms with Gasteiger partial charge in [-0.05, 0) is 19.2 Å². The Morgan fingerprint density at radius 2 is 2.64 bits per heavy atom. The third-order valence-electron chi connectivity index (χ3n) is 1.76. The topological polar surface area (TPSA) is 29.1 Å². The molecule has 0 unspecified atom stereocenters. The normalized spacial score (nSPS) is 17.7. The fourth-order valence-electron chi connectivity index (χ4n) is 1.09. The van der Waals surface area contributed by atoms with Gasteiger partial charge < -0.3 is 5.32 Å². The number of carbonyl (C=O) groups excluding carboxylic acids is 1. The molecule has 1 rings (SSSR count). The number of hydrogen-bond donors (Lipinski definition) is 1. The Morgan fingerprint density at radius 1 is 1.82 bits per heavy atom. The molecule has 1 N–H and O–H groups in total. The van der Waals surface area contributed by atoms with Crippen molar-refractivity contribution in [2.24, 2.45) is 0 Å². The summed E-state index contributed by atoms with van der Waals surface area (Å²) in [5.74, 6) is 0. The molecule has 0 aliphatic carbocycles. The first kappa shape index (κ1) is 8.81. The van der Waals surface area contributed by atoms with Gasteiger partial charge in [0.05, 0.1) is 0 Å². The van der Waals surface area contributed by atoms with Crippen molar-refractivity contribution in [3.05, 3.63) is 11.6 Å². The Balaban J connectivity index is 2.35. The van der Waals surface area contributed by atoms with E-state index in [1.54, 1.807) is 0 Å². The summed E-state index contributed by atoms with van der Waals surface area (Å²) in [6, 6.07) is 0. The van der Waals surface area contributed by atoms with Crippen LogP contribution in [0.1, 0.15) is 12.8 Å². The monoisotopic (exact) mass is 171 g/mol. The average Bonchev–Trinajstić information content (AvgIpc) is 2.06. The van der Waals surface area contributed by atoms with Gasteiger partial charge in [0.2, 0.25) is 0 Å². The summed E-state index contributed by atoms with van der Waals surface area (Å²) in [5.41, 5.74) is 1.29. The summed E-state index contributed by atoms with van der Waals surface area (Å²) in [7, 11) is 0. The van der Waals surface area contributed by atoms with E-state index >= 15 is 0 Å². The average molecular weight is 171 g/mol. The maximum absolute atomic E-state index is 11.0. The summed E-state index contributed by atoms with van der Waals surface area (Å²) < 4.78 is 0. The highest BCUT2D eigenvalue weighted by atomic mass is 32.2. The van der Waals surface area contributed by atoms with E-state index < -0.39 is 0 Å². The Bertz CT molecular complexity index is 177. The fraction of sp³-hybridized carbons (Fsp3) is 0.625. The van der Waals surface area contributed by atoms with Gasteiger partial charge in [0.1, 0.15) is 0 Å². The van der Waals surface area contributed by atoms with Gasteiger partial charge in [-0.15, -0.1) is 0 Å². The van der Waals surface area contributed by atoms with Crippen LogP contribution in [0.2, 0.25) is 0 Å². The maximum Gasteiger partial charge on any atom is 0.192 e. The van der Waals surface area contributed by atoms with Crippen LogP contribution < -0.4 is 5.32 Å². The number of rotatable bonds is 2. The molecule has 0 radical (unpaired) electrons. The van der Waals surface area contributed by atoms with Crippen LogP contribution in [0.3, 0.4) is 0 Å². The highest BCUT2D eigenvalue weighted by Gasteiger charge is 2.06. The standard InChI is InChI=1S/C8H13NOS/c1-11-8(10)6-7-2-4-9-5-3-7/h2,9H,3-6H2,1H3. The van der Waals surface area contributed by atoms with Crippen molar-refractivity contribution < 1.29 is 4.79 Å². The molecule has 2 nitrogen and oxygen atoms in total. The fourth-order valence-corrected chi connectivity index (χ4v) is 1.42. The minimum absolute atomic E-state index is 0.276. The number of nitrogens with one attached hydrogen (secondary N) is 1.